The maximum Gasteiger partial charge on any atom is 0.249 e. The molecule has 7 heteroatoms. The Hall–Kier alpha value is -1.40. The van der Waals surface area contributed by atoms with E-state index in [0.29, 0.717) is 0 Å². The van der Waals surface area contributed by atoms with Crippen molar-refractivity contribution in [3.05, 3.63) is 17.7 Å². The van der Waals surface area contributed by atoms with Gasteiger partial charge in [0.1, 0.15) is 6.54 Å². The fourth-order valence-electron chi connectivity index (χ4n) is 1.25. The molecule has 6 nitrogen and oxygen atoms in total. The quantitative estimate of drug-likeness (QED) is 0.800. The van der Waals surface area contributed by atoms with E-state index < -0.39 is 0 Å². The number of nitrogens with two attached hydrogens (primary N) is 1. The first-order valence-electron chi connectivity index (χ1n) is 4.74. The van der Waals surface area contributed by atoms with E-state index in [9.17, 15) is 9.59 Å². The molecule has 0 saturated heterocycles. The molecule has 1 rings (SSSR count). The molecular formula is C9H13ClN4O2. The van der Waals surface area contributed by atoms with E-state index in [2.05, 4.69) is 4.98 Å². The molecule has 0 bridgehead atoms. The Balaban J connectivity index is 2.69. The zero-order valence-electron chi connectivity index (χ0n) is 8.89. The molecule has 0 unspecified atom stereocenters. The van der Waals surface area contributed by atoms with Gasteiger partial charge < -0.3 is 10.3 Å². The van der Waals surface area contributed by atoms with Gasteiger partial charge in [-0.3, -0.25) is 14.5 Å². The average Bonchev–Trinajstić information content (AvgIpc) is 2.60. The monoisotopic (exact) mass is 244 g/mol. The molecule has 0 aromatic carbocycles. The summed E-state index contributed by atoms with van der Waals surface area (Å²) in [6, 6.07) is 0. The Bertz CT molecular complexity index is 391. The highest BCUT2D eigenvalue weighted by Crippen LogP contribution is 2.05. The number of aromatic nitrogens is 2. The highest BCUT2D eigenvalue weighted by molar-refractivity contribution is 6.28. The number of rotatable bonds is 4. The number of carbonyl (C=O) groups is 2. The van der Waals surface area contributed by atoms with E-state index in [1.54, 1.807) is 6.20 Å². The van der Waals surface area contributed by atoms with Crippen molar-refractivity contribution in [3.63, 3.8) is 0 Å². The van der Waals surface area contributed by atoms with Gasteiger partial charge in [-0.15, -0.1) is 0 Å². The lowest BCUT2D eigenvalue weighted by atomic mass is 10.4. The number of imide groups is 1. The van der Waals surface area contributed by atoms with Crippen LogP contribution < -0.4 is 5.73 Å². The van der Waals surface area contributed by atoms with Crippen LogP contribution in [0.2, 0.25) is 5.28 Å². The Morgan fingerprint density at radius 1 is 1.62 bits per heavy atom. The fourth-order valence-corrected chi connectivity index (χ4v) is 1.42. The minimum Gasteiger partial charge on any atom is -0.329 e. The number of hydrogen-bond acceptors (Lipinski definition) is 4. The van der Waals surface area contributed by atoms with Gasteiger partial charge in [0.25, 0.3) is 0 Å². The van der Waals surface area contributed by atoms with E-state index in [4.69, 9.17) is 17.3 Å². The summed E-state index contributed by atoms with van der Waals surface area (Å²) in [6.07, 6.45) is 3.05. The first-order chi connectivity index (χ1) is 7.56. The second-order valence-electron chi connectivity index (χ2n) is 3.18. The fraction of sp³-hybridized carbons (Fsp3) is 0.444. The third-order valence-corrected chi connectivity index (χ3v) is 2.32. The van der Waals surface area contributed by atoms with Crippen LogP contribution >= 0.6 is 11.6 Å². The van der Waals surface area contributed by atoms with Gasteiger partial charge in [0.15, 0.2) is 0 Å². The lowest BCUT2D eigenvalue weighted by Crippen LogP contribution is -2.40. The molecule has 0 spiro atoms. The largest absolute Gasteiger partial charge is 0.329 e. The second kappa shape index (κ2) is 5.62. The van der Waals surface area contributed by atoms with Crippen molar-refractivity contribution in [2.24, 2.45) is 5.73 Å². The van der Waals surface area contributed by atoms with E-state index in [-0.39, 0.29) is 36.7 Å². The number of halogens is 1. The standard InChI is InChI=1S/C9H13ClN4O2/c1-7(15)14(4-2-11)8(16)6-13-5-3-12-9(13)10/h3,5H,2,4,6,11H2,1H3. The van der Waals surface area contributed by atoms with Crippen LogP contribution in [0.15, 0.2) is 12.4 Å². The van der Waals surface area contributed by atoms with Gasteiger partial charge in [-0.05, 0) is 11.6 Å². The van der Waals surface area contributed by atoms with Gasteiger partial charge in [-0.1, -0.05) is 0 Å². The highest BCUT2D eigenvalue weighted by Gasteiger charge is 2.17. The van der Waals surface area contributed by atoms with Crippen molar-refractivity contribution in [1.82, 2.24) is 14.5 Å². The van der Waals surface area contributed by atoms with Crippen LogP contribution in [-0.4, -0.2) is 39.4 Å². The van der Waals surface area contributed by atoms with Crippen LogP contribution in [0.3, 0.4) is 0 Å². The third-order valence-electron chi connectivity index (χ3n) is 2.00. The molecule has 1 aromatic heterocycles. The second-order valence-corrected chi connectivity index (χ2v) is 3.52. The summed E-state index contributed by atoms with van der Waals surface area (Å²) in [6.45, 7) is 1.75. The van der Waals surface area contributed by atoms with Crippen LogP contribution in [0, 0.1) is 0 Å². The van der Waals surface area contributed by atoms with Crippen LogP contribution in [0.1, 0.15) is 6.92 Å². The predicted molar refractivity (Wildman–Crippen MR) is 58.7 cm³/mol. The van der Waals surface area contributed by atoms with Gasteiger partial charge in [-0.2, -0.15) is 0 Å². The maximum atomic E-state index is 11.7. The molecule has 1 aromatic rings. The van der Waals surface area contributed by atoms with E-state index in [1.165, 1.54) is 17.7 Å². The molecule has 0 saturated carbocycles. The van der Waals surface area contributed by atoms with Crippen LogP contribution in [0.4, 0.5) is 0 Å². The minimum absolute atomic E-state index is 0.0155. The molecule has 0 aliphatic heterocycles. The molecule has 0 atom stereocenters. The van der Waals surface area contributed by atoms with Crippen LogP contribution in [0.25, 0.3) is 0 Å². The summed E-state index contributed by atoms with van der Waals surface area (Å²) in [5.74, 6) is -0.676. The Labute approximate surface area is 98.0 Å². The number of imidazole rings is 1. The van der Waals surface area contributed by atoms with E-state index in [1.807, 2.05) is 0 Å². The molecule has 1 heterocycles. The summed E-state index contributed by atoms with van der Waals surface area (Å²) in [5, 5.41) is 0.213. The first-order valence-corrected chi connectivity index (χ1v) is 5.11. The average molecular weight is 245 g/mol. The van der Waals surface area contributed by atoms with Crippen molar-refractivity contribution < 1.29 is 9.59 Å². The van der Waals surface area contributed by atoms with E-state index in [0.717, 1.165) is 4.90 Å². The molecule has 0 radical (unpaired) electrons. The number of hydrogen-bond donors (Lipinski definition) is 1. The van der Waals surface area contributed by atoms with Gasteiger partial charge in [-0.25, -0.2) is 4.98 Å². The SMILES string of the molecule is CC(=O)N(CCN)C(=O)Cn1ccnc1Cl. The molecule has 0 aliphatic rings. The highest BCUT2D eigenvalue weighted by atomic mass is 35.5. The van der Waals surface area contributed by atoms with E-state index >= 15 is 0 Å². The Morgan fingerprint density at radius 2 is 2.31 bits per heavy atom. The Morgan fingerprint density at radius 3 is 2.75 bits per heavy atom. The van der Waals surface area contributed by atoms with Gasteiger partial charge in [0.2, 0.25) is 17.1 Å². The van der Waals surface area contributed by atoms with Crippen molar-refractivity contribution in [2.75, 3.05) is 13.1 Å². The summed E-state index contributed by atoms with van der Waals surface area (Å²) < 4.78 is 1.45. The van der Waals surface area contributed by atoms with Gasteiger partial charge >= 0.3 is 0 Å². The van der Waals surface area contributed by atoms with Gasteiger partial charge in [0.05, 0.1) is 0 Å². The van der Waals surface area contributed by atoms with Crippen LogP contribution in [0.5, 0.6) is 0 Å². The molecule has 0 fully saturated rings. The summed E-state index contributed by atoms with van der Waals surface area (Å²) in [4.78, 5) is 27.8. The summed E-state index contributed by atoms with van der Waals surface area (Å²) >= 11 is 5.72. The zero-order valence-corrected chi connectivity index (χ0v) is 9.65. The molecule has 88 valence electrons. The summed E-state index contributed by atoms with van der Waals surface area (Å²) in [7, 11) is 0. The lowest BCUT2D eigenvalue weighted by Gasteiger charge is -2.18. The molecule has 2 N–H and O–H groups in total. The van der Waals surface area contributed by atoms with Crippen molar-refractivity contribution in [3.8, 4) is 0 Å². The van der Waals surface area contributed by atoms with Crippen molar-refractivity contribution in [1.29, 1.82) is 0 Å². The first kappa shape index (κ1) is 12.7. The van der Waals surface area contributed by atoms with Crippen molar-refractivity contribution >= 4 is 23.4 Å². The smallest absolute Gasteiger partial charge is 0.249 e. The van der Waals surface area contributed by atoms with Crippen molar-refractivity contribution in [2.45, 2.75) is 13.5 Å². The number of carbonyl (C=O) groups excluding carboxylic acids is 2. The lowest BCUT2D eigenvalue weighted by molar-refractivity contribution is -0.143. The minimum atomic E-state index is -0.349. The Kier molecular flexibility index (Phi) is 4.45. The predicted octanol–water partition coefficient (Wildman–Crippen LogP) is -0.130. The summed E-state index contributed by atoms with van der Waals surface area (Å²) in [5.41, 5.74) is 5.32. The normalized spacial score (nSPS) is 10.2. The number of nitrogens with zero attached hydrogens (tertiary/aromatic N) is 3. The topological polar surface area (TPSA) is 81.2 Å². The molecule has 16 heavy (non-hydrogen) atoms. The van der Waals surface area contributed by atoms with Gasteiger partial charge in [0, 0.05) is 32.4 Å². The van der Waals surface area contributed by atoms with Crippen LogP contribution in [-0.2, 0) is 16.1 Å². The molecule has 0 aliphatic carbocycles. The number of amides is 2. The zero-order chi connectivity index (χ0) is 12.1. The molecular weight excluding hydrogens is 232 g/mol. The third kappa shape index (κ3) is 3.04. The maximum absolute atomic E-state index is 11.7. The molecule has 2 amide bonds.